The number of carbonyl (C=O) groups excluding carboxylic acids is 5. The lowest BCUT2D eigenvalue weighted by atomic mass is 9.87. The van der Waals surface area contributed by atoms with E-state index in [0.29, 0.717) is 48.5 Å². The van der Waals surface area contributed by atoms with Gasteiger partial charge in [0.05, 0.1) is 27.8 Å². The molecule has 11 N–H and O–H groups in total. The third-order valence-corrected chi connectivity index (χ3v) is 9.68. The molecule has 0 atom stereocenters. The summed E-state index contributed by atoms with van der Waals surface area (Å²) in [7, 11) is 0. The number of esters is 5. The minimum absolute atomic E-state index is 0.0138. The normalized spacial score (nSPS) is 12.4. The van der Waals surface area contributed by atoms with Crippen LogP contribution in [0.15, 0.2) is 60.7 Å². The molecule has 5 aromatic rings. The van der Waals surface area contributed by atoms with Crippen LogP contribution in [0, 0.1) is 5.92 Å². The van der Waals surface area contributed by atoms with Crippen LogP contribution >= 0.6 is 0 Å². The number of carbonyl (C=O) groups is 6. The van der Waals surface area contributed by atoms with Crippen LogP contribution in [0.1, 0.15) is 90.3 Å². The Bertz CT molecular complexity index is 2790. The second kappa shape index (κ2) is 18.5. The lowest BCUT2D eigenvalue weighted by Gasteiger charge is -2.20. The summed E-state index contributed by atoms with van der Waals surface area (Å²) in [4.78, 5) is 76.4. The average Bonchev–Trinajstić information content (AvgIpc) is 3.25. The first-order valence-electron chi connectivity index (χ1n) is 18.8. The van der Waals surface area contributed by atoms with E-state index in [-0.39, 0.29) is 12.3 Å². The lowest BCUT2D eigenvalue weighted by Crippen LogP contribution is -2.17. The van der Waals surface area contributed by atoms with Gasteiger partial charge in [0.25, 0.3) is 0 Å². The van der Waals surface area contributed by atoms with Crippen molar-refractivity contribution in [1.29, 1.82) is 0 Å². The van der Waals surface area contributed by atoms with Crippen LogP contribution in [0.4, 0.5) is 0 Å². The second-order valence-electron chi connectivity index (χ2n) is 14.3. The van der Waals surface area contributed by atoms with E-state index in [1.54, 1.807) is 0 Å². The number of carboxylic acid groups (broad SMARTS) is 1. The first-order valence-corrected chi connectivity index (χ1v) is 18.8. The molecule has 338 valence electrons. The van der Waals surface area contributed by atoms with Gasteiger partial charge in [0, 0.05) is 6.42 Å². The Labute approximate surface area is 363 Å². The van der Waals surface area contributed by atoms with E-state index >= 15 is 0 Å². The summed E-state index contributed by atoms with van der Waals surface area (Å²) in [5.74, 6) is -22.6. The van der Waals surface area contributed by atoms with Gasteiger partial charge in [0.2, 0.25) is 28.7 Å². The van der Waals surface area contributed by atoms with Crippen molar-refractivity contribution >= 4 is 35.8 Å². The van der Waals surface area contributed by atoms with E-state index in [9.17, 15) is 84.9 Å². The van der Waals surface area contributed by atoms with Crippen LogP contribution in [0.25, 0.3) is 0 Å². The Morgan fingerprint density at radius 3 is 0.938 bits per heavy atom. The van der Waals surface area contributed by atoms with Crippen molar-refractivity contribution in [3.8, 4) is 86.2 Å². The summed E-state index contributed by atoms with van der Waals surface area (Å²) in [6.07, 6.45) is 4.52. The molecule has 0 aromatic heterocycles. The number of benzene rings is 5. The summed E-state index contributed by atoms with van der Waals surface area (Å²) in [6.45, 7) is 0. The molecular weight excluding hydrogens is 868 g/mol. The molecule has 6 rings (SSSR count). The third kappa shape index (κ3) is 10.2. The Morgan fingerprint density at radius 2 is 0.646 bits per heavy atom. The van der Waals surface area contributed by atoms with Gasteiger partial charge in [-0.15, -0.1) is 0 Å². The molecule has 1 fully saturated rings. The van der Waals surface area contributed by atoms with E-state index in [0.717, 1.165) is 44.2 Å². The predicted molar refractivity (Wildman–Crippen MR) is 212 cm³/mol. The van der Waals surface area contributed by atoms with Crippen LogP contribution in [-0.2, 0) is 4.79 Å². The van der Waals surface area contributed by atoms with Crippen LogP contribution in [0.3, 0.4) is 0 Å². The van der Waals surface area contributed by atoms with Gasteiger partial charge in [-0.05, 0) is 79.4 Å². The molecule has 1 aliphatic carbocycles. The van der Waals surface area contributed by atoms with Crippen LogP contribution in [-0.4, -0.2) is 92.0 Å². The molecule has 0 saturated heterocycles. The quantitative estimate of drug-likeness (QED) is 0.0435. The lowest BCUT2D eigenvalue weighted by molar-refractivity contribution is -0.135. The molecule has 22 heteroatoms. The molecule has 1 aliphatic rings. The standard InChI is InChI=1S/C43H34O22/c44-23-7-18(39(55)56)12-29(35(23)51)62-41(58)20-9-25(46)37(53)31(14-20)64-43(60)22-11-27(48)38(54)32(16-22)65-42(59)21-10-26(47)36(52)30(15-21)63-40(57)19-8-24(45)34(50)28(13-19)61-33(49)6-17-4-2-1-3-5-17/h7-17,44-48,50-54H,1-6H2,(H,55,56). The predicted octanol–water partition coefficient (Wildman–Crippen LogP) is 5.19. The van der Waals surface area contributed by atoms with Gasteiger partial charge in [-0.2, -0.15) is 0 Å². The van der Waals surface area contributed by atoms with Crippen molar-refractivity contribution < 1.29 is 109 Å². The van der Waals surface area contributed by atoms with Crippen molar-refractivity contribution in [2.45, 2.75) is 38.5 Å². The minimum Gasteiger partial charge on any atom is -0.504 e. The van der Waals surface area contributed by atoms with E-state index in [1.807, 2.05) is 0 Å². The maximum absolute atomic E-state index is 13.3. The fraction of sp³-hybridized carbons (Fsp3) is 0.163. The van der Waals surface area contributed by atoms with E-state index in [1.165, 1.54) is 0 Å². The molecule has 1 saturated carbocycles. The molecule has 65 heavy (non-hydrogen) atoms. The fourth-order valence-corrected chi connectivity index (χ4v) is 6.38. The zero-order valence-corrected chi connectivity index (χ0v) is 33.0. The Kier molecular flexibility index (Phi) is 12.9. The van der Waals surface area contributed by atoms with Gasteiger partial charge in [-0.25, -0.2) is 24.0 Å². The number of aromatic hydroxyl groups is 10. The highest BCUT2D eigenvalue weighted by Crippen LogP contribution is 2.43. The summed E-state index contributed by atoms with van der Waals surface area (Å²) >= 11 is 0. The Balaban J connectivity index is 1.18. The third-order valence-electron chi connectivity index (χ3n) is 9.68. The van der Waals surface area contributed by atoms with E-state index in [2.05, 4.69) is 0 Å². The number of phenols is 10. The summed E-state index contributed by atoms with van der Waals surface area (Å²) in [5, 5.41) is 112. The van der Waals surface area contributed by atoms with Crippen molar-refractivity contribution in [2.24, 2.45) is 5.92 Å². The molecule has 0 amide bonds. The first-order chi connectivity index (χ1) is 30.7. The van der Waals surface area contributed by atoms with Gasteiger partial charge in [-0.3, -0.25) is 4.79 Å². The highest BCUT2D eigenvalue weighted by Gasteiger charge is 2.27. The molecule has 0 heterocycles. The SMILES string of the molecule is O=C(CC1CCCCC1)Oc1cc(C(=O)Oc2cc(C(=O)Oc3cc(C(=O)Oc4cc(C(=O)Oc5cc(C(=O)O)cc(O)c5O)cc(O)c4O)cc(O)c3O)cc(O)c2O)cc(O)c1O. The zero-order chi connectivity index (χ0) is 47.4. The van der Waals surface area contributed by atoms with Crippen LogP contribution < -0.4 is 23.7 Å². The minimum atomic E-state index is -1.57. The summed E-state index contributed by atoms with van der Waals surface area (Å²) in [6, 6.07) is 6.73. The number of phenolic OH excluding ortho intramolecular Hbond substituents is 10. The molecule has 5 aromatic carbocycles. The maximum atomic E-state index is 13.3. The van der Waals surface area contributed by atoms with E-state index < -0.39 is 150 Å². The van der Waals surface area contributed by atoms with Crippen molar-refractivity contribution in [3.63, 3.8) is 0 Å². The van der Waals surface area contributed by atoms with Gasteiger partial charge >= 0.3 is 35.8 Å². The van der Waals surface area contributed by atoms with Crippen molar-refractivity contribution in [1.82, 2.24) is 0 Å². The van der Waals surface area contributed by atoms with Crippen molar-refractivity contribution in [3.05, 3.63) is 88.5 Å². The molecule has 0 aliphatic heterocycles. The number of rotatable bonds is 12. The maximum Gasteiger partial charge on any atom is 0.343 e. The molecule has 22 nitrogen and oxygen atoms in total. The molecule has 0 spiro atoms. The zero-order valence-electron chi connectivity index (χ0n) is 33.0. The van der Waals surface area contributed by atoms with Gasteiger partial charge in [0.1, 0.15) is 0 Å². The molecule has 0 radical (unpaired) electrons. The largest absolute Gasteiger partial charge is 0.504 e. The monoisotopic (exact) mass is 902 g/mol. The van der Waals surface area contributed by atoms with Gasteiger partial charge in [0.15, 0.2) is 57.5 Å². The van der Waals surface area contributed by atoms with Gasteiger partial charge < -0.3 is 79.9 Å². The van der Waals surface area contributed by atoms with Crippen LogP contribution in [0.2, 0.25) is 0 Å². The van der Waals surface area contributed by atoms with E-state index in [4.69, 9.17) is 23.7 Å². The number of aromatic carboxylic acids is 1. The topological polar surface area (TPSA) is 371 Å². The van der Waals surface area contributed by atoms with Crippen molar-refractivity contribution in [2.75, 3.05) is 0 Å². The average molecular weight is 903 g/mol. The first kappa shape index (κ1) is 45.4. The summed E-state index contributed by atoms with van der Waals surface area (Å²) < 4.78 is 25.4. The molecule has 0 bridgehead atoms. The molecular formula is C43H34O22. The summed E-state index contributed by atoms with van der Waals surface area (Å²) in [5.41, 5.74) is -3.22. The Morgan fingerprint density at radius 1 is 0.385 bits per heavy atom. The van der Waals surface area contributed by atoms with Crippen LogP contribution in [0.5, 0.6) is 86.2 Å². The smallest absolute Gasteiger partial charge is 0.343 e. The highest BCUT2D eigenvalue weighted by molar-refractivity contribution is 5.98. The Hall–Kier alpha value is -9.08. The molecule has 0 unspecified atom stereocenters. The number of ether oxygens (including phenoxy) is 5. The second-order valence-corrected chi connectivity index (χ2v) is 14.3. The highest BCUT2D eigenvalue weighted by atomic mass is 16.6. The number of hydrogen-bond donors (Lipinski definition) is 11. The number of hydrogen-bond acceptors (Lipinski definition) is 21. The van der Waals surface area contributed by atoms with Gasteiger partial charge in [-0.1, -0.05) is 19.3 Å². The fourth-order valence-electron chi connectivity index (χ4n) is 6.38. The number of carboxylic acids is 1.